The molecule has 1 aromatic heterocycles. The predicted molar refractivity (Wildman–Crippen MR) is 180 cm³/mol. The number of halogens is 5. The summed E-state index contributed by atoms with van der Waals surface area (Å²) in [7, 11) is -3.20. The number of hydrogen-bond donors (Lipinski definition) is 2. The van der Waals surface area contributed by atoms with Gasteiger partial charge >= 0.3 is 12.2 Å². The van der Waals surface area contributed by atoms with E-state index >= 15 is 0 Å². The van der Waals surface area contributed by atoms with Gasteiger partial charge in [-0.3, -0.25) is 0 Å². The Balaban J connectivity index is 1.80. The Kier molecular flexibility index (Phi) is 12.3. The van der Waals surface area contributed by atoms with Crippen LogP contribution in [0.4, 0.5) is 26.7 Å². The molecule has 1 aliphatic heterocycles. The van der Waals surface area contributed by atoms with Gasteiger partial charge in [-0.15, -0.1) is 0 Å². The second kappa shape index (κ2) is 15.2. The van der Waals surface area contributed by atoms with Gasteiger partial charge in [-0.1, -0.05) is 25.7 Å². The number of ether oxygens (including phenoxy) is 3. The number of aromatic nitrogens is 2. The van der Waals surface area contributed by atoms with Crippen LogP contribution in [0.15, 0.2) is 18.2 Å². The molecule has 2 aromatic rings. The van der Waals surface area contributed by atoms with Gasteiger partial charge in [0, 0.05) is 14.7 Å². The third kappa shape index (κ3) is 10.9. The molecule has 49 heavy (non-hydrogen) atoms. The van der Waals surface area contributed by atoms with Crippen LogP contribution in [0.3, 0.4) is 0 Å². The van der Waals surface area contributed by atoms with Crippen LogP contribution in [-0.2, 0) is 31.9 Å². The van der Waals surface area contributed by atoms with Crippen LogP contribution in [0.25, 0.3) is 11.0 Å². The highest BCUT2D eigenvalue weighted by molar-refractivity contribution is 7.84. The highest BCUT2D eigenvalue weighted by atomic mass is 32.2. The van der Waals surface area contributed by atoms with Crippen molar-refractivity contribution in [1.82, 2.24) is 24.5 Å². The third-order valence-corrected chi connectivity index (χ3v) is 11.7. The molecule has 1 saturated carbocycles. The number of amides is 2. The Labute approximate surface area is 288 Å². The normalized spacial score (nSPS) is 20.6. The Morgan fingerprint density at radius 3 is 2.43 bits per heavy atom. The number of alkyl halides is 5. The summed E-state index contributed by atoms with van der Waals surface area (Å²) < 4.78 is 105. The largest absolute Gasteiger partial charge is 0.414 e. The standard InChI is InChI=1S/C32H50F5N5O5SSi/c1-20(47-21(2)32(35,36)37)27(40-48(44)30(3,4)5)28-39-24-15-22(9-12-25(24)42(28)19-45-13-14-49(6,7)8)26(16-46-23-10-11-23)41-18-31(33,34)17-38-29(41)43/h9,12,15,20-21,23,26-27,40H,10-11,13-14,16-19H2,1-8H3,(H,38,43)/t20-,21+,26-,27+,48?/m1/s1. The molecule has 1 aliphatic carbocycles. The zero-order chi connectivity index (χ0) is 36.5. The van der Waals surface area contributed by atoms with E-state index in [0.29, 0.717) is 23.2 Å². The molecule has 1 saturated heterocycles. The molecule has 2 N–H and O–H groups in total. The van der Waals surface area contributed by atoms with Crippen LogP contribution in [0, 0.1) is 0 Å². The monoisotopic (exact) mass is 739 g/mol. The van der Waals surface area contributed by atoms with Gasteiger partial charge in [0.1, 0.15) is 18.6 Å². The maximum Gasteiger partial charge on any atom is 0.414 e. The van der Waals surface area contributed by atoms with Crippen molar-refractivity contribution in [3.63, 3.8) is 0 Å². The van der Waals surface area contributed by atoms with E-state index in [9.17, 15) is 31.0 Å². The quantitative estimate of drug-likeness (QED) is 0.113. The number of imidazole rings is 1. The molecule has 0 bridgehead atoms. The summed E-state index contributed by atoms with van der Waals surface area (Å²) in [6.45, 7) is 13.1. The average molecular weight is 740 g/mol. The van der Waals surface area contributed by atoms with Gasteiger partial charge in [-0.05, 0) is 71.2 Å². The molecular weight excluding hydrogens is 690 g/mol. The second-order valence-electron chi connectivity index (χ2n) is 15.2. The van der Waals surface area contributed by atoms with Gasteiger partial charge < -0.3 is 29.0 Å². The van der Waals surface area contributed by atoms with Gasteiger partial charge in [0.2, 0.25) is 0 Å². The molecule has 2 aliphatic rings. The lowest BCUT2D eigenvalue weighted by Gasteiger charge is -2.38. The van der Waals surface area contributed by atoms with Crippen molar-refractivity contribution in [2.24, 2.45) is 0 Å². The summed E-state index contributed by atoms with van der Waals surface area (Å²) in [5.74, 6) is -2.92. The molecule has 278 valence electrons. The maximum atomic E-state index is 14.5. The molecule has 4 rings (SSSR count). The number of carbonyl (C=O) groups is 1. The van der Waals surface area contributed by atoms with Crippen LogP contribution in [0.1, 0.15) is 70.9 Å². The Morgan fingerprint density at radius 1 is 1.16 bits per heavy atom. The third-order valence-electron chi connectivity index (χ3n) is 8.37. The van der Waals surface area contributed by atoms with Crippen molar-refractivity contribution in [1.29, 1.82) is 0 Å². The van der Waals surface area contributed by atoms with Crippen molar-refractivity contribution in [3.05, 3.63) is 29.6 Å². The van der Waals surface area contributed by atoms with Crippen LogP contribution < -0.4 is 10.0 Å². The fourth-order valence-corrected chi connectivity index (χ4v) is 6.81. The SMILES string of the molecule is C[C@H](O[C@H](C)[C@H](NS(=O)C(C)(C)C)c1nc2cc([C@@H](COC3CC3)N3CC(F)(F)CNC3=O)ccc2n1COCC[Si](C)(C)C)C(F)(F)F. The minimum absolute atomic E-state index is 0.00481. The van der Waals surface area contributed by atoms with Crippen LogP contribution in [0.5, 0.6) is 0 Å². The zero-order valence-electron chi connectivity index (χ0n) is 29.5. The molecule has 1 unspecified atom stereocenters. The van der Waals surface area contributed by atoms with E-state index in [1.165, 1.54) is 6.92 Å². The number of rotatable bonds is 16. The van der Waals surface area contributed by atoms with Gasteiger partial charge in [0.15, 0.2) is 6.10 Å². The van der Waals surface area contributed by atoms with Crippen molar-refractivity contribution in [3.8, 4) is 0 Å². The number of carbonyl (C=O) groups excluding carboxylic acids is 1. The molecule has 5 atom stereocenters. The van der Waals surface area contributed by atoms with Gasteiger partial charge in [0.25, 0.3) is 5.92 Å². The van der Waals surface area contributed by atoms with E-state index in [1.54, 1.807) is 43.5 Å². The number of urea groups is 1. The summed E-state index contributed by atoms with van der Waals surface area (Å²) in [5.41, 5.74) is 1.42. The first-order valence-corrected chi connectivity index (χ1v) is 21.4. The summed E-state index contributed by atoms with van der Waals surface area (Å²) in [6, 6.07) is 3.36. The molecule has 0 spiro atoms. The summed E-state index contributed by atoms with van der Waals surface area (Å²) in [6.07, 6.45) is -6.22. The minimum Gasteiger partial charge on any atom is -0.376 e. The molecule has 0 radical (unpaired) electrons. The Hall–Kier alpha value is -2.18. The first kappa shape index (κ1) is 39.6. The highest BCUT2D eigenvalue weighted by Gasteiger charge is 2.43. The summed E-state index contributed by atoms with van der Waals surface area (Å²) in [4.78, 5) is 18.8. The van der Waals surface area contributed by atoms with Gasteiger partial charge in [-0.2, -0.15) is 13.2 Å². The van der Waals surface area contributed by atoms with E-state index in [4.69, 9.17) is 19.2 Å². The number of hydrogen-bond acceptors (Lipinski definition) is 6. The highest BCUT2D eigenvalue weighted by Crippen LogP contribution is 2.35. The molecule has 2 fully saturated rings. The maximum absolute atomic E-state index is 14.5. The second-order valence-corrected chi connectivity index (χ2v) is 22.8. The van der Waals surface area contributed by atoms with Crippen molar-refractivity contribution in [2.75, 3.05) is 26.3 Å². The van der Waals surface area contributed by atoms with E-state index in [-0.39, 0.29) is 25.3 Å². The van der Waals surface area contributed by atoms with Gasteiger partial charge in [-0.25, -0.2) is 27.5 Å². The smallest absolute Gasteiger partial charge is 0.376 e. The number of fused-ring (bicyclic) bond motifs is 1. The lowest BCUT2D eigenvalue weighted by Crippen LogP contribution is -2.58. The lowest BCUT2D eigenvalue weighted by atomic mass is 10.0. The molecular formula is C32H50F5N5O5SSi. The van der Waals surface area contributed by atoms with Crippen molar-refractivity contribution < 1.29 is 45.2 Å². The van der Waals surface area contributed by atoms with Crippen LogP contribution in [0.2, 0.25) is 25.7 Å². The van der Waals surface area contributed by atoms with Crippen LogP contribution >= 0.6 is 0 Å². The average Bonchev–Trinajstić information content (AvgIpc) is 3.73. The minimum atomic E-state index is -4.63. The molecule has 2 heterocycles. The molecule has 17 heteroatoms. The van der Waals surface area contributed by atoms with Gasteiger partial charge in [0.05, 0.1) is 64.7 Å². The predicted octanol–water partition coefficient (Wildman–Crippen LogP) is 6.68. The fourth-order valence-electron chi connectivity index (χ4n) is 5.17. The molecule has 1 aromatic carbocycles. The molecule has 10 nitrogen and oxygen atoms in total. The zero-order valence-corrected chi connectivity index (χ0v) is 31.3. The molecule has 2 amide bonds. The van der Waals surface area contributed by atoms with Crippen molar-refractivity contribution >= 4 is 36.1 Å². The number of nitrogens with one attached hydrogen (secondary N) is 2. The van der Waals surface area contributed by atoms with E-state index in [2.05, 4.69) is 29.7 Å². The number of nitrogens with zero attached hydrogens (tertiary/aromatic N) is 3. The first-order valence-electron chi connectivity index (χ1n) is 16.6. The van der Waals surface area contributed by atoms with Crippen molar-refractivity contribution in [2.45, 2.75) is 127 Å². The van der Waals surface area contributed by atoms with E-state index in [0.717, 1.165) is 30.7 Å². The lowest BCUT2D eigenvalue weighted by molar-refractivity contribution is -0.227. The van der Waals surface area contributed by atoms with Crippen LogP contribution in [-0.4, -0.2) is 94.2 Å². The number of benzene rings is 1. The topological polar surface area (TPSA) is 107 Å². The van der Waals surface area contributed by atoms with E-state index in [1.807, 2.05) is 0 Å². The summed E-state index contributed by atoms with van der Waals surface area (Å²) in [5, 5.41) is 2.27. The Morgan fingerprint density at radius 2 is 1.84 bits per heavy atom. The first-order chi connectivity index (χ1) is 22.6. The van der Waals surface area contributed by atoms with E-state index < -0.39 is 79.3 Å². The fraction of sp³-hybridized carbons (Fsp3) is 0.750. The summed E-state index contributed by atoms with van der Waals surface area (Å²) >= 11 is 0. The Bertz CT molecular complexity index is 1480.